The summed E-state index contributed by atoms with van der Waals surface area (Å²) in [5.41, 5.74) is 0.810. The number of nitrogens with zero attached hydrogens (tertiary/aromatic N) is 1. The molecule has 1 aliphatic heterocycles. The number of carbonyl (C=O) groups excluding carboxylic acids is 2. The third-order valence-electron chi connectivity index (χ3n) is 5.16. The van der Waals surface area contributed by atoms with Crippen LogP contribution in [-0.4, -0.2) is 42.4 Å². The average molecular weight is 388 g/mol. The Hall–Kier alpha value is -1.88. The Kier molecular flexibility index (Phi) is 8.49. The van der Waals surface area contributed by atoms with E-state index in [0.29, 0.717) is 18.3 Å². The summed E-state index contributed by atoms with van der Waals surface area (Å²) in [6.45, 7) is 13.6. The number of benzene rings is 1. The minimum atomic E-state index is -0.658. The minimum absolute atomic E-state index is 0.0261. The van der Waals surface area contributed by atoms with Crippen molar-refractivity contribution in [2.24, 2.45) is 17.8 Å². The Morgan fingerprint density at radius 3 is 2.21 bits per heavy atom. The lowest BCUT2D eigenvalue weighted by Gasteiger charge is -2.36. The van der Waals surface area contributed by atoms with Crippen LogP contribution in [0.1, 0.15) is 59.1 Å². The molecule has 0 bridgehead atoms. The van der Waals surface area contributed by atoms with Crippen molar-refractivity contribution >= 4 is 11.8 Å². The molecule has 156 valence electrons. The van der Waals surface area contributed by atoms with Crippen molar-refractivity contribution in [2.75, 3.05) is 19.6 Å². The van der Waals surface area contributed by atoms with Crippen molar-refractivity contribution in [3.05, 3.63) is 35.9 Å². The van der Waals surface area contributed by atoms with Gasteiger partial charge < -0.3 is 15.5 Å². The second-order valence-electron chi connectivity index (χ2n) is 9.08. The molecule has 0 saturated carbocycles. The average Bonchev–Trinajstić information content (AvgIpc) is 2.58. The second kappa shape index (κ2) is 10.6. The van der Waals surface area contributed by atoms with Gasteiger partial charge in [0.15, 0.2) is 0 Å². The van der Waals surface area contributed by atoms with Gasteiger partial charge in [-0.15, -0.1) is 0 Å². The zero-order valence-electron chi connectivity index (χ0n) is 18.1. The molecular formula is C23H37N3O2. The summed E-state index contributed by atoms with van der Waals surface area (Å²) in [6, 6.07) is 8.84. The Balaban J connectivity index is 2.00. The summed E-state index contributed by atoms with van der Waals surface area (Å²) < 4.78 is 0. The largest absolute Gasteiger partial charge is 0.350 e. The standard InChI is InChI=1S/C23H37N3O2/c1-16(2)11-21(27)25-22(20-9-7-6-8-10-20)23(28)24-19(5)15-26-13-17(3)12-18(4)14-26/h6-10,16-19,22H,11-15H2,1-5H3,(H,24,28)(H,25,27). The smallest absolute Gasteiger partial charge is 0.247 e. The van der Waals surface area contributed by atoms with Crippen molar-refractivity contribution in [1.29, 1.82) is 0 Å². The number of hydrogen-bond donors (Lipinski definition) is 2. The molecule has 1 aliphatic rings. The van der Waals surface area contributed by atoms with Gasteiger partial charge >= 0.3 is 0 Å². The first-order valence-electron chi connectivity index (χ1n) is 10.6. The van der Waals surface area contributed by atoms with E-state index in [1.54, 1.807) is 0 Å². The van der Waals surface area contributed by atoms with Gasteiger partial charge in [0.05, 0.1) is 0 Å². The van der Waals surface area contributed by atoms with Crippen molar-refractivity contribution in [3.8, 4) is 0 Å². The lowest BCUT2D eigenvalue weighted by atomic mass is 9.91. The quantitative estimate of drug-likeness (QED) is 0.719. The molecule has 28 heavy (non-hydrogen) atoms. The molecule has 1 saturated heterocycles. The fourth-order valence-electron chi connectivity index (χ4n) is 4.24. The Morgan fingerprint density at radius 1 is 1.04 bits per heavy atom. The number of likely N-dealkylation sites (tertiary alicyclic amines) is 1. The van der Waals surface area contributed by atoms with Gasteiger partial charge in [0.2, 0.25) is 11.8 Å². The summed E-state index contributed by atoms with van der Waals surface area (Å²) in [7, 11) is 0. The highest BCUT2D eigenvalue weighted by Gasteiger charge is 2.26. The van der Waals surface area contributed by atoms with Crippen LogP contribution in [0.5, 0.6) is 0 Å². The van der Waals surface area contributed by atoms with Crippen molar-refractivity contribution in [3.63, 3.8) is 0 Å². The van der Waals surface area contributed by atoms with Crippen molar-refractivity contribution < 1.29 is 9.59 Å². The number of nitrogens with one attached hydrogen (secondary N) is 2. The highest BCUT2D eigenvalue weighted by atomic mass is 16.2. The van der Waals surface area contributed by atoms with Gasteiger partial charge in [-0.3, -0.25) is 9.59 Å². The zero-order valence-corrected chi connectivity index (χ0v) is 18.1. The molecule has 0 aromatic heterocycles. The lowest BCUT2D eigenvalue weighted by molar-refractivity contribution is -0.130. The molecule has 1 heterocycles. The molecular weight excluding hydrogens is 350 g/mol. The number of piperidine rings is 1. The maximum Gasteiger partial charge on any atom is 0.247 e. The van der Waals surface area contributed by atoms with Crippen LogP contribution in [0.2, 0.25) is 0 Å². The van der Waals surface area contributed by atoms with Gasteiger partial charge in [-0.1, -0.05) is 58.0 Å². The molecule has 2 amide bonds. The Morgan fingerprint density at radius 2 is 1.64 bits per heavy atom. The van der Waals surface area contributed by atoms with Crippen LogP contribution in [0.15, 0.2) is 30.3 Å². The van der Waals surface area contributed by atoms with E-state index in [1.807, 2.05) is 51.1 Å². The van der Waals surface area contributed by atoms with Gasteiger partial charge in [0.25, 0.3) is 0 Å². The highest BCUT2D eigenvalue weighted by molar-refractivity contribution is 5.88. The predicted molar refractivity (Wildman–Crippen MR) is 114 cm³/mol. The molecule has 1 aromatic carbocycles. The summed E-state index contributed by atoms with van der Waals surface area (Å²) in [4.78, 5) is 27.8. The zero-order chi connectivity index (χ0) is 20.7. The van der Waals surface area contributed by atoms with Gasteiger partial charge in [0, 0.05) is 32.1 Å². The van der Waals surface area contributed by atoms with Crippen molar-refractivity contribution in [1.82, 2.24) is 15.5 Å². The maximum atomic E-state index is 13.0. The molecule has 1 aromatic rings. The first-order chi connectivity index (χ1) is 13.2. The summed E-state index contributed by atoms with van der Waals surface area (Å²) >= 11 is 0. The Labute approximate surface area is 170 Å². The summed E-state index contributed by atoms with van der Waals surface area (Å²) in [5, 5.41) is 6.04. The van der Waals surface area contributed by atoms with Gasteiger partial charge in [-0.2, -0.15) is 0 Å². The topological polar surface area (TPSA) is 61.4 Å². The van der Waals surface area contributed by atoms with Crippen LogP contribution in [0.25, 0.3) is 0 Å². The SMILES string of the molecule is CC(C)CC(=O)NC(C(=O)NC(C)CN1CC(C)CC(C)C1)c1ccccc1. The van der Waals surface area contributed by atoms with Gasteiger partial charge in [-0.05, 0) is 36.7 Å². The van der Waals surface area contributed by atoms with Crippen LogP contribution in [-0.2, 0) is 9.59 Å². The van der Waals surface area contributed by atoms with Crippen LogP contribution in [0.3, 0.4) is 0 Å². The number of hydrogen-bond acceptors (Lipinski definition) is 3. The van der Waals surface area contributed by atoms with E-state index in [-0.39, 0.29) is 23.8 Å². The molecule has 5 heteroatoms. The fourth-order valence-corrected chi connectivity index (χ4v) is 4.24. The van der Waals surface area contributed by atoms with E-state index in [2.05, 4.69) is 29.4 Å². The molecule has 4 unspecified atom stereocenters. The molecule has 0 spiro atoms. The normalized spacial score (nSPS) is 22.5. The first kappa shape index (κ1) is 22.4. The lowest BCUT2D eigenvalue weighted by Crippen LogP contribution is -2.49. The van der Waals surface area contributed by atoms with E-state index in [9.17, 15) is 9.59 Å². The molecule has 0 radical (unpaired) electrons. The van der Waals surface area contributed by atoms with Crippen LogP contribution >= 0.6 is 0 Å². The monoisotopic (exact) mass is 387 g/mol. The van der Waals surface area contributed by atoms with E-state index in [1.165, 1.54) is 6.42 Å². The third-order valence-corrected chi connectivity index (χ3v) is 5.16. The van der Waals surface area contributed by atoms with E-state index in [0.717, 1.165) is 25.2 Å². The first-order valence-corrected chi connectivity index (χ1v) is 10.6. The third kappa shape index (κ3) is 7.27. The van der Waals surface area contributed by atoms with Gasteiger partial charge in [0.1, 0.15) is 6.04 Å². The van der Waals surface area contributed by atoms with Gasteiger partial charge in [-0.25, -0.2) is 0 Å². The van der Waals surface area contributed by atoms with Crippen LogP contribution < -0.4 is 10.6 Å². The molecule has 2 rings (SSSR count). The number of rotatable bonds is 8. The number of amides is 2. The summed E-state index contributed by atoms with van der Waals surface area (Å²) in [5.74, 6) is 1.40. The van der Waals surface area contributed by atoms with E-state index < -0.39 is 6.04 Å². The van der Waals surface area contributed by atoms with Crippen LogP contribution in [0.4, 0.5) is 0 Å². The predicted octanol–water partition coefficient (Wildman–Crippen LogP) is 3.37. The summed E-state index contributed by atoms with van der Waals surface area (Å²) in [6.07, 6.45) is 1.69. The molecule has 5 nitrogen and oxygen atoms in total. The highest BCUT2D eigenvalue weighted by Crippen LogP contribution is 2.21. The molecule has 1 fully saturated rings. The molecule has 0 aliphatic carbocycles. The molecule has 2 N–H and O–H groups in total. The Bertz CT molecular complexity index is 622. The molecule has 4 atom stereocenters. The van der Waals surface area contributed by atoms with Crippen LogP contribution in [0, 0.1) is 17.8 Å². The second-order valence-corrected chi connectivity index (χ2v) is 9.08. The number of carbonyl (C=O) groups is 2. The fraction of sp³-hybridized carbons (Fsp3) is 0.652. The van der Waals surface area contributed by atoms with Crippen molar-refractivity contribution in [2.45, 2.75) is 59.5 Å². The minimum Gasteiger partial charge on any atom is -0.350 e. The van der Waals surface area contributed by atoms with E-state index in [4.69, 9.17) is 0 Å². The van der Waals surface area contributed by atoms with E-state index >= 15 is 0 Å². The maximum absolute atomic E-state index is 13.0.